The van der Waals surface area contributed by atoms with Crippen molar-refractivity contribution in [3.63, 3.8) is 0 Å². The van der Waals surface area contributed by atoms with E-state index in [1.807, 2.05) is 24.3 Å². The van der Waals surface area contributed by atoms with E-state index in [1.54, 1.807) is 42.5 Å². The quantitative estimate of drug-likeness (QED) is 0.203. The molecule has 0 aromatic heterocycles. The monoisotopic (exact) mass is 540 g/mol. The fraction of sp³-hybridized carbons (Fsp3) is 0.185. The third kappa shape index (κ3) is 8.63. The zero-order valence-electron chi connectivity index (χ0n) is 20.3. The van der Waals surface area contributed by atoms with Crippen LogP contribution in [0.5, 0.6) is 5.75 Å². The average molecular weight is 541 g/mol. The molecule has 3 aromatic rings. The molecular weight excluding hydrogens is 515 g/mol. The second kappa shape index (κ2) is 13.4. The number of carbonyl (C=O) groups excluding carboxylic acids is 3. The topological polar surface area (TPSA) is 109 Å². The predicted octanol–water partition coefficient (Wildman–Crippen LogP) is 4.90. The summed E-state index contributed by atoms with van der Waals surface area (Å²) in [7, 11) is 0. The third-order valence-corrected chi connectivity index (χ3v) is 5.98. The number of rotatable bonds is 9. The fourth-order valence-electron chi connectivity index (χ4n) is 3.08. The number of amides is 3. The Morgan fingerprint density at radius 2 is 1.65 bits per heavy atom. The molecule has 3 aromatic carbocycles. The van der Waals surface area contributed by atoms with Crippen LogP contribution < -0.4 is 20.8 Å². The third-order valence-electron chi connectivity index (χ3n) is 5.16. The smallest absolute Gasteiger partial charge is 0.329 e. The minimum Gasteiger partial charge on any atom is -0.484 e. The lowest BCUT2D eigenvalue weighted by molar-refractivity contribution is -0.139. The fourth-order valence-corrected chi connectivity index (χ4v) is 3.43. The molecule has 0 heterocycles. The summed E-state index contributed by atoms with van der Waals surface area (Å²) in [6.07, 6.45) is 1.38. The molecule has 0 fully saturated rings. The maximum atomic E-state index is 12.1. The van der Waals surface area contributed by atoms with Crippen molar-refractivity contribution >= 4 is 52.8 Å². The number of benzene rings is 3. The van der Waals surface area contributed by atoms with Gasteiger partial charge in [-0.1, -0.05) is 67.4 Å². The molecule has 0 spiro atoms. The molecule has 3 rings (SSSR count). The van der Waals surface area contributed by atoms with Crippen molar-refractivity contribution in [2.75, 3.05) is 11.9 Å². The van der Waals surface area contributed by atoms with Crippen LogP contribution in [0.1, 0.15) is 36.5 Å². The highest BCUT2D eigenvalue weighted by atomic mass is 35.5. The van der Waals surface area contributed by atoms with Crippen molar-refractivity contribution in [2.24, 2.45) is 5.10 Å². The molecule has 0 saturated heterocycles. The Morgan fingerprint density at radius 3 is 2.32 bits per heavy atom. The van der Waals surface area contributed by atoms with E-state index >= 15 is 0 Å². The van der Waals surface area contributed by atoms with Crippen LogP contribution in [0.3, 0.4) is 0 Å². The number of ether oxygens (including phenoxy) is 1. The zero-order chi connectivity index (χ0) is 26.8. The van der Waals surface area contributed by atoms with Gasteiger partial charge in [0, 0.05) is 6.54 Å². The lowest BCUT2D eigenvalue weighted by Gasteiger charge is -2.09. The molecular formula is C27H26Cl2N4O4. The van der Waals surface area contributed by atoms with E-state index in [0.717, 1.165) is 5.56 Å². The van der Waals surface area contributed by atoms with E-state index in [-0.39, 0.29) is 18.2 Å². The summed E-state index contributed by atoms with van der Waals surface area (Å²) in [6.45, 7) is 4.21. The summed E-state index contributed by atoms with van der Waals surface area (Å²) in [5.41, 5.74) is 5.32. The van der Waals surface area contributed by atoms with Crippen molar-refractivity contribution < 1.29 is 19.1 Å². The molecule has 0 unspecified atom stereocenters. The largest absolute Gasteiger partial charge is 0.484 e. The van der Waals surface area contributed by atoms with Gasteiger partial charge in [0.2, 0.25) is 0 Å². The van der Waals surface area contributed by atoms with Gasteiger partial charge in [-0.05, 0) is 59.0 Å². The van der Waals surface area contributed by atoms with Crippen molar-refractivity contribution in [1.29, 1.82) is 0 Å². The number of hydrogen-bond donors (Lipinski definition) is 3. The van der Waals surface area contributed by atoms with Crippen LogP contribution in [-0.4, -0.2) is 30.5 Å². The van der Waals surface area contributed by atoms with Crippen LogP contribution in [0.25, 0.3) is 0 Å². The molecule has 10 heteroatoms. The predicted molar refractivity (Wildman–Crippen MR) is 145 cm³/mol. The van der Waals surface area contributed by atoms with Crippen molar-refractivity contribution in [3.05, 3.63) is 93.5 Å². The lowest BCUT2D eigenvalue weighted by Crippen LogP contribution is -2.37. The average Bonchev–Trinajstić information content (AvgIpc) is 2.89. The molecule has 3 N–H and O–H groups in total. The molecule has 3 amide bonds. The van der Waals surface area contributed by atoms with Gasteiger partial charge >= 0.3 is 11.8 Å². The summed E-state index contributed by atoms with van der Waals surface area (Å²) in [6, 6.07) is 19.4. The Kier molecular flexibility index (Phi) is 10.1. The van der Waals surface area contributed by atoms with Gasteiger partial charge in [-0.3, -0.25) is 14.4 Å². The summed E-state index contributed by atoms with van der Waals surface area (Å²) in [5.74, 6) is -1.19. The Bertz CT molecular complexity index is 1280. The molecule has 8 nitrogen and oxygen atoms in total. The van der Waals surface area contributed by atoms with Crippen LogP contribution in [0.2, 0.25) is 10.0 Å². The Hall–Kier alpha value is -3.88. The number of nitrogens with one attached hydrogen (secondary N) is 3. The summed E-state index contributed by atoms with van der Waals surface area (Å²) in [5, 5.41) is 9.58. The van der Waals surface area contributed by atoms with E-state index in [2.05, 4.69) is 35.0 Å². The minimum absolute atomic E-state index is 0.233. The molecule has 0 atom stereocenters. The number of hydrogen-bond acceptors (Lipinski definition) is 5. The number of hydrazone groups is 1. The van der Waals surface area contributed by atoms with Gasteiger partial charge in [0.05, 0.1) is 21.9 Å². The zero-order valence-corrected chi connectivity index (χ0v) is 21.8. The first kappa shape index (κ1) is 27.7. The molecule has 0 saturated carbocycles. The van der Waals surface area contributed by atoms with E-state index in [1.165, 1.54) is 11.8 Å². The molecule has 0 aliphatic heterocycles. The Balaban J connectivity index is 1.40. The van der Waals surface area contributed by atoms with Crippen LogP contribution in [0.15, 0.2) is 71.8 Å². The SMILES string of the molecule is CC(C)c1ccc(CNC(=O)C(=O)N/N=C\c2ccc(OCC(=O)Nc3cccc(Cl)c3Cl)cc2)cc1. The number of halogens is 2. The van der Waals surface area contributed by atoms with Gasteiger partial charge < -0.3 is 15.4 Å². The minimum atomic E-state index is -0.874. The summed E-state index contributed by atoms with van der Waals surface area (Å²) in [4.78, 5) is 36.1. The first-order chi connectivity index (χ1) is 17.7. The van der Waals surface area contributed by atoms with E-state index < -0.39 is 17.7 Å². The van der Waals surface area contributed by atoms with Gasteiger partial charge in [0.15, 0.2) is 6.61 Å². The first-order valence-electron chi connectivity index (χ1n) is 11.4. The summed E-state index contributed by atoms with van der Waals surface area (Å²) < 4.78 is 5.47. The second-order valence-corrected chi connectivity index (χ2v) is 9.07. The number of anilines is 1. The van der Waals surface area contributed by atoms with Crippen LogP contribution in [-0.2, 0) is 20.9 Å². The molecule has 37 heavy (non-hydrogen) atoms. The van der Waals surface area contributed by atoms with Crippen molar-refractivity contribution in [1.82, 2.24) is 10.7 Å². The van der Waals surface area contributed by atoms with Gasteiger partial charge in [-0.15, -0.1) is 0 Å². The first-order valence-corrected chi connectivity index (χ1v) is 12.2. The highest BCUT2D eigenvalue weighted by Gasteiger charge is 2.12. The van der Waals surface area contributed by atoms with Crippen molar-refractivity contribution in [2.45, 2.75) is 26.3 Å². The van der Waals surface area contributed by atoms with E-state index in [0.29, 0.717) is 27.9 Å². The van der Waals surface area contributed by atoms with Crippen LogP contribution in [0.4, 0.5) is 5.69 Å². The van der Waals surface area contributed by atoms with Gasteiger partial charge in [-0.25, -0.2) is 5.43 Å². The van der Waals surface area contributed by atoms with E-state index in [9.17, 15) is 14.4 Å². The van der Waals surface area contributed by atoms with Crippen LogP contribution >= 0.6 is 23.2 Å². The van der Waals surface area contributed by atoms with Gasteiger partial charge in [-0.2, -0.15) is 5.10 Å². The second-order valence-electron chi connectivity index (χ2n) is 8.29. The standard InChI is InChI=1S/C27H26Cl2N4O4/c1-17(2)20-10-6-18(7-11-20)14-30-26(35)27(36)33-31-15-19-8-12-21(13-9-19)37-16-24(34)32-23-5-3-4-22(28)25(23)29/h3-13,15,17H,14,16H2,1-2H3,(H,30,35)(H,32,34)(H,33,36)/b31-15-. The highest BCUT2D eigenvalue weighted by Crippen LogP contribution is 2.29. The van der Waals surface area contributed by atoms with Crippen LogP contribution in [0, 0.1) is 0 Å². The molecule has 0 aliphatic rings. The number of nitrogens with zero attached hydrogens (tertiary/aromatic N) is 1. The van der Waals surface area contributed by atoms with Gasteiger partial charge in [0.1, 0.15) is 5.75 Å². The highest BCUT2D eigenvalue weighted by molar-refractivity contribution is 6.44. The lowest BCUT2D eigenvalue weighted by atomic mass is 10.0. The summed E-state index contributed by atoms with van der Waals surface area (Å²) >= 11 is 12.0. The maximum absolute atomic E-state index is 12.1. The Labute approximate surface area is 225 Å². The molecule has 0 aliphatic carbocycles. The number of carbonyl (C=O) groups is 3. The van der Waals surface area contributed by atoms with Gasteiger partial charge in [0.25, 0.3) is 5.91 Å². The normalized spacial score (nSPS) is 10.8. The molecule has 192 valence electrons. The Morgan fingerprint density at radius 1 is 0.946 bits per heavy atom. The molecule has 0 radical (unpaired) electrons. The maximum Gasteiger partial charge on any atom is 0.329 e. The van der Waals surface area contributed by atoms with E-state index in [4.69, 9.17) is 27.9 Å². The molecule has 0 bridgehead atoms. The van der Waals surface area contributed by atoms with Crippen molar-refractivity contribution in [3.8, 4) is 5.75 Å².